The summed E-state index contributed by atoms with van der Waals surface area (Å²) in [4.78, 5) is 6.73. The molecule has 1 atom stereocenters. The Kier molecular flexibility index (Phi) is 8.73. The summed E-state index contributed by atoms with van der Waals surface area (Å²) in [5.74, 6) is 0. The predicted octanol–water partition coefficient (Wildman–Crippen LogP) is 2.86. The Bertz CT molecular complexity index is 499. The molecule has 0 amide bonds. The Morgan fingerprint density at radius 1 is 1.35 bits per heavy atom. The van der Waals surface area contributed by atoms with E-state index in [1.165, 1.54) is 0 Å². The van der Waals surface area contributed by atoms with Crippen LogP contribution >= 0.6 is 12.2 Å². The van der Waals surface area contributed by atoms with Crippen LogP contribution in [0, 0.1) is 0 Å². The van der Waals surface area contributed by atoms with Crippen molar-refractivity contribution in [3.63, 3.8) is 0 Å². The van der Waals surface area contributed by atoms with Crippen LogP contribution < -0.4 is 5.73 Å². The highest BCUT2D eigenvalue weighted by Gasteiger charge is 2.15. The van der Waals surface area contributed by atoms with E-state index in [0.29, 0.717) is 5.11 Å². The SMILES string of the molecule is CCN(CC)CCCC(C)N(/N=C(\C)c1ccccn1)C(N)=S. The van der Waals surface area contributed by atoms with Crippen LogP contribution in [0.3, 0.4) is 0 Å². The third-order valence-electron chi connectivity index (χ3n) is 3.93. The lowest BCUT2D eigenvalue weighted by Crippen LogP contribution is -2.39. The van der Waals surface area contributed by atoms with Gasteiger partial charge in [0.25, 0.3) is 0 Å². The number of thiocarbonyl (C=S) groups is 1. The normalized spacial score (nSPS) is 13.2. The average molecular weight is 336 g/mol. The van der Waals surface area contributed by atoms with Crippen molar-refractivity contribution < 1.29 is 0 Å². The van der Waals surface area contributed by atoms with E-state index in [9.17, 15) is 0 Å². The van der Waals surface area contributed by atoms with E-state index in [0.717, 1.165) is 43.9 Å². The molecule has 0 aliphatic rings. The number of pyridine rings is 1. The van der Waals surface area contributed by atoms with E-state index in [-0.39, 0.29) is 6.04 Å². The van der Waals surface area contributed by atoms with Gasteiger partial charge in [0.15, 0.2) is 5.11 Å². The molecule has 0 bridgehead atoms. The minimum Gasteiger partial charge on any atom is -0.375 e. The Hall–Kier alpha value is -1.53. The summed E-state index contributed by atoms with van der Waals surface area (Å²) in [5.41, 5.74) is 7.52. The molecule has 0 aromatic carbocycles. The van der Waals surface area contributed by atoms with Crippen LogP contribution in [0.2, 0.25) is 0 Å². The van der Waals surface area contributed by atoms with Crippen molar-refractivity contribution in [3.8, 4) is 0 Å². The Labute approximate surface area is 145 Å². The molecule has 0 saturated heterocycles. The first-order valence-corrected chi connectivity index (χ1v) is 8.68. The number of nitrogens with two attached hydrogens (primary N) is 1. The summed E-state index contributed by atoms with van der Waals surface area (Å²) in [5, 5.41) is 6.63. The smallest absolute Gasteiger partial charge is 0.187 e. The van der Waals surface area contributed by atoms with Gasteiger partial charge < -0.3 is 10.6 Å². The van der Waals surface area contributed by atoms with Crippen LogP contribution in [0.15, 0.2) is 29.5 Å². The third kappa shape index (κ3) is 6.62. The zero-order chi connectivity index (χ0) is 17.2. The lowest BCUT2D eigenvalue weighted by atomic mass is 10.1. The molecule has 0 radical (unpaired) electrons. The molecule has 5 nitrogen and oxygen atoms in total. The maximum Gasteiger partial charge on any atom is 0.187 e. The number of rotatable bonds is 9. The molecule has 6 heteroatoms. The molecule has 1 aromatic heterocycles. The largest absolute Gasteiger partial charge is 0.375 e. The molecule has 0 spiro atoms. The number of aromatic nitrogens is 1. The molecular formula is C17H29N5S. The summed E-state index contributed by atoms with van der Waals surface area (Å²) >= 11 is 5.18. The first kappa shape index (κ1) is 19.5. The zero-order valence-corrected chi connectivity index (χ0v) is 15.5. The average Bonchev–Trinajstić information content (AvgIpc) is 2.56. The molecule has 1 heterocycles. The molecule has 2 N–H and O–H groups in total. The molecule has 128 valence electrons. The fraction of sp³-hybridized carbons (Fsp3) is 0.588. The third-order valence-corrected chi connectivity index (χ3v) is 4.11. The highest BCUT2D eigenvalue weighted by atomic mass is 32.1. The van der Waals surface area contributed by atoms with Crippen LogP contribution in [-0.4, -0.2) is 51.4 Å². The van der Waals surface area contributed by atoms with Gasteiger partial charge in [0.2, 0.25) is 0 Å². The molecule has 1 rings (SSSR count). The highest BCUT2D eigenvalue weighted by molar-refractivity contribution is 7.80. The van der Waals surface area contributed by atoms with Gasteiger partial charge in [-0.1, -0.05) is 19.9 Å². The van der Waals surface area contributed by atoms with Gasteiger partial charge in [-0.3, -0.25) is 4.98 Å². The number of nitrogens with zero attached hydrogens (tertiary/aromatic N) is 4. The van der Waals surface area contributed by atoms with Gasteiger partial charge in [-0.15, -0.1) is 0 Å². The van der Waals surface area contributed by atoms with Crippen molar-refractivity contribution in [1.82, 2.24) is 14.9 Å². The summed E-state index contributed by atoms with van der Waals surface area (Å²) in [6.45, 7) is 11.7. The summed E-state index contributed by atoms with van der Waals surface area (Å²) in [7, 11) is 0. The van der Waals surface area contributed by atoms with Crippen molar-refractivity contribution in [1.29, 1.82) is 0 Å². The highest BCUT2D eigenvalue weighted by Crippen LogP contribution is 2.10. The maximum atomic E-state index is 5.87. The number of hydrazone groups is 1. The Morgan fingerprint density at radius 3 is 2.57 bits per heavy atom. The van der Waals surface area contributed by atoms with Crippen molar-refractivity contribution in [2.75, 3.05) is 19.6 Å². The minimum absolute atomic E-state index is 0.168. The van der Waals surface area contributed by atoms with Crippen LogP contribution in [-0.2, 0) is 0 Å². The van der Waals surface area contributed by atoms with Crippen molar-refractivity contribution in [2.45, 2.75) is 46.6 Å². The van der Waals surface area contributed by atoms with Crippen LogP contribution in [0.25, 0.3) is 0 Å². The van der Waals surface area contributed by atoms with Crippen molar-refractivity contribution >= 4 is 23.0 Å². The quantitative estimate of drug-likeness (QED) is 0.427. The van der Waals surface area contributed by atoms with Gasteiger partial charge in [-0.05, 0) is 70.7 Å². The summed E-state index contributed by atoms with van der Waals surface area (Å²) < 4.78 is 0. The van der Waals surface area contributed by atoms with Gasteiger partial charge in [0.1, 0.15) is 0 Å². The Balaban J connectivity index is 2.68. The molecule has 0 aliphatic carbocycles. The van der Waals surface area contributed by atoms with E-state index in [4.69, 9.17) is 18.0 Å². The van der Waals surface area contributed by atoms with Gasteiger partial charge in [-0.25, -0.2) is 5.01 Å². The second-order valence-corrected chi connectivity index (χ2v) is 6.02. The molecule has 1 unspecified atom stereocenters. The maximum absolute atomic E-state index is 5.87. The van der Waals surface area contributed by atoms with Crippen LogP contribution in [0.5, 0.6) is 0 Å². The lowest BCUT2D eigenvalue weighted by molar-refractivity contribution is 0.268. The number of hydrogen-bond acceptors (Lipinski definition) is 4. The van der Waals surface area contributed by atoms with Crippen molar-refractivity contribution in [3.05, 3.63) is 30.1 Å². The first-order valence-electron chi connectivity index (χ1n) is 8.27. The van der Waals surface area contributed by atoms with Gasteiger partial charge in [0.05, 0.1) is 17.4 Å². The van der Waals surface area contributed by atoms with Gasteiger partial charge >= 0.3 is 0 Å². The Morgan fingerprint density at radius 2 is 2.04 bits per heavy atom. The second-order valence-electron chi connectivity index (χ2n) is 5.60. The van der Waals surface area contributed by atoms with E-state index in [1.807, 2.05) is 25.1 Å². The second kappa shape index (κ2) is 10.3. The van der Waals surface area contributed by atoms with Crippen molar-refractivity contribution in [2.24, 2.45) is 10.8 Å². The van der Waals surface area contributed by atoms with E-state index < -0.39 is 0 Å². The molecule has 23 heavy (non-hydrogen) atoms. The fourth-order valence-electron chi connectivity index (χ4n) is 2.43. The molecule has 0 fully saturated rings. The molecular weight excluding hydrogens is 306 g/mol. The van der Waals surface area contributed by atoms with E-state index in [1.54, 1.807) is 11.2 Å². The minimum atomic E-state index is 0.168. The van der Waals surface area contributed by atoms with E-state index >= 15 is 0 Å². The fourth-order valence-corrected chi connectivity index (χ4v) is 2.65. The van der Waals surface area contributed by atoms with Gasteiger partial charge in [0, 0.05) is 6.20 Å². The van der Waals surface area contributed by atoms with Crippen LogP contribution in [0.4, 0.5) is 0 Å². The summed E-state index contributed by atoms with van der Waals surface area (Å²) in [6.07, 6.45) is 3.85. The molecule has 0 aliphatic heterocycles. The standard InChI is InChI=1S/C17H29N5S/c1-5-21(6-2)13-9-10-14(3)22(17(18)23)20-15(4)16-11-7-8-12-19-16/h7-8,11-12,14H,5-6,9-10,13H2,1-4H3,(H2,18,23)/b20-15+. The van der Waals surface area contributed by atoms with Gasteiger partial charge in [-0.2, -0.15) is 5.10 Å². The lowest BCUT2D eigenvalue weighted by Gasteiger charge is -2.26. The summed E-state index contributed by atoms with van der Waals surface area (Å²) in [6, 6.07) is 5.93. The van der Waals surface area contributed by atoms with E-state index in [2.05, 4.69) is 35.8 Å². The first-order chi connectivity index (χ1) is 11.0. The predicted molar refractivity (Wildman–Crippen MR) is 102 cm³/mol. The molecule has 0 saturated carbocycles. The molecule has 1 aromatic rings. The topological polar surface area (TPSA) is 57.8 Å². The zero-order valence-electron chi connectivity index (χ0n) is 14.7. The monoisotopic (exact) mass is 335 g/mol. The number of hydrogen-bond donors (Lipinski definition) is 1. The van der Waals surface area contributed by atoms with Crippen LogP contribution in [0.1, 0.15) is 46.2 Å².